The maximum Gasteiger partial charge on any atom is 0.145 e. The van der Waals surface area contributed by atoms with Crippen molar-refractivity contribution in [2.45, 2.75) is 5.60 Å². The average molecular weight is 137 g/mol. The number of aliphatic hydroxyl groups is 2. The summed E-state index contributed by atoms with van der Waals surface area (Å²) in [4.78, 5) is 3.88. The molecular formula is C7H7NO2. The number of hydrogen-bond acceptors (Lipinski definition) is 3. The van der Waals surface area contributed by atoms with Crippen molar-refractivity contribution in [3.05, 3.63) is 23.5 Å². The van der Waals surface area contributed by atoms with Crippen molar-refractivity contribution in [2.24, 2.45) is 4.99 Å². The Morgan fingerprint density at radius 3 is 3.10 bits per heavy atom. The normalized spacial score (nSPS) is 35.7. The molecule has 0 fully saturated rings. The molecule has 2 N–H and O–H groups in total. The van der Waals surface area contributed by atoms with Crippen LogP contribution in [0, 0.1) is 0 Å². The second-order valence-electron chi connectivity index (χ2n) is 2.53. The summed E-state index contributed by atoms with van der Waals surface area (Å²) >= 11 is 0. The van der Waals surface area contributed by atoms with Crippen LogP contribution in [-0.4, -0.2) is 28.6 Å². The van der Waals surface area contributed by atoms with E-state index in [2.05, 4.69) is 4.99 Å². The largest absolute Gasteiger partial charge is 0.508 e. The summed E-state index contributed by atoms with van der Waals surface area (Å²) in [5.41, 5.74) is -0.311. The molecule has 0 spiro atoms. The summed E-state index contributed by atoms with van der Waals surface area (Å²) in [6.07, 6.45) is 4.38. The van der Waals surface area contributed by atoms with Gasteiger partial charge in [-0.25, -0.2) is 0 Å². The Hall–Kier alpha value is -1.09. The van der Waals surface area contributed by atoms with E-state index in [0.29, 0.717) is 6.54 Å². The van der Waals surface area contributed by atoms with E-state index in [4.69, 9.17) is 5.11 Å². The van der Waals surface area contributed by atoms with Crippen LogP contribution in [-0.2, 0) is 0 Å². The fourth-order valence-electron chi connectivity index (χ4n) is 1.23. The third kappa shape index (κ3) is 0.552. The first kappa shape index (κ1) is 5.68. The predicted molar refractivity (Wildman–Crippen MR) is 37.1 cm³/mol. The maximum absolute atomic E-state index is 9.55. The zero-order valence-electron chi connectivity index (χ0n) is 5.28. The van der Waals surface area contributed by atoms with Gasteiger partial charge >= 0.3 is 0 Å². The van der Waals surface area contributed by atoms with Crippen LogP contribution in [0.15, 0.2) is 28.5 Å². The van der Waals surface area contributed by atoms with Gasteiger partial charge in [0.1, 0.15) is 11.4 Å². The van der Waals surface area contributed by atoms with Gasteiger partial charge in [0.15, 0.2) is 0 Å². The molecule has 0 aromatic heterocycles. The fourth-order valence-corrected chi connectivity index (χ4v) is 1.23. The molecule has 52 valence electrons. The van der Waals surface area contributed by atoms with Gasteiger partial charge in [-0.3, -0.25) is 4.99 Å². The molecule has 1 aliphatic carbocycles. The highest BCUT2D eigenvalue weighted by Crippen LogP contribution is 2.29. The number of aliphatic imine (C=N–C) groups is 1. The van der Waals surface area contributed by atoms with Crippen molar-refractivity contribution in [1.29, 1.82) is 0 Å². The summed E-state index contributed by atoms with van der Waals surface area (Å²) in [5, 5.41) is 18.5. The van der Waals surface area contributed by atoms with E-state index in [1.54, 1.807) is 6.08 Å². The molecule has 3 heteroatoms. The third-order valence-electron chi connectivity index (χ3n) is 1.75. The predicted octanol–water partition coefficient (Wildman–Crippen LogP) is 0.184. The van der Waals surface area contributed by atoms with Crippen LogP contribution in [0.4, 0.5) is 0 Å². The number of nitrogens with zero attached hydrogens (tertiary/aromatic N) is 1. The SMILES string of the molecule is OC1=CC2(O)C=NCC2=C1. The third-order valence-corrected chi connectivity index (χ3v) is 1.75. The van der Waals surface area contributed by atoms with Crippen molar-refractivity contribution in [3.63, 3.8) is 0 Å². The van der Waals surface area contributed by atoms with Gasteiger partial charge in [0.2, 0.25) is 0 Å². The second-order valence-corrected chi connectivity index (χ2v) is 2.53. The summed E-state index contributed by atoms with van der Waals surface area (Å²) in [6, 6.07) is 0. The number of allylic oxidation sites excluding steroid dienone is 1. The van der Waals surface area contributed by atoms with Gasteiger partial charge in [-0.05, 0) is 17.7 Å². The minimum atomic E-state index is -1.07. The fraction of sp³-hybridized carbons (Fsp3) is 0.286. The molecule has 0 aromatic rings. The Kier molecular flexibility index (Phi) is 0.847. The topological polar surface area (TPSA) is 52.8 Å². The smallest absolute Gasteiger partial charge is 0.145 e. The Morgan fingerprint density at radius 1 is 1.60 bits per heavy atom. The lowest BCUT2D eigenvalue weighted by Gasteiger charge is -2.10. The number of fused-ring (bicyclic) bond motifs is 1. The molecule has 0 bridgehead atoms. The molecule has 1 aliphatic heterocycles. The van der Waals surface area contributed by atoms with Crippen molar-refractivity contribution in [2.75, 3.05) is 6.54 Å². The van der Waals surface area contributed by atoms with Crippen LogP contribution < -0.4 is 0 Å². The van der Waals surface area contributed by atoms with Gasteiger partial charge in [-0.2, -0.15) is 0 Å². The van der Waals surface area contributed by atoms with E-state index < -0.39 is 5.60 Å². The van der Waals surface area contributed by atoms with Crippen LogP contribution >= 0.6 is 0 Å². The summed E-state index contributed by atoms with van der Waals surface area (Å²) in [5.74, 6) is 0.128. The lowest BCUT2D eigenvalue weighted by molar-refractivity contribution is 0.211. The zero-order chi connectivity index (χ0) is 7.19. The summed E-state index contributed by atoms with van der Waals surface area (Å²) in [6.45, 7) is 0.497. The molecular weight excluding hydrogens is 130 g/mol. The van der Waals surface area contributed by atoms with Gasteiger partial charge in [0.05, 0.1) is 6.54 Å². The molecule has 2 rings (SSSR count). The van der Waals surface area contributed by atoms with Crippen LogP contribution in [0.25, 0.3) is 0 Å². The van der Waals surface area contributed by atoms with Crippen molar-refractivity contribution < 1.29 is 10.2 Å². The first-order valence-corrected chi connectivity index (χ1v) is 3.07. The molecule has 1 unspecified atom stereocenters. The molecule has 1 atom stereocenters. The summed E-state index contributed by atoms with van der Waals surface area (Å²) < 4.78 is 0. The highest BCUT2D eigenvalue weighted by Gasteiger charge is 2.35. The van der Waals surface area contributed by atoms with Gasteiger partial charge in [-0.15, -0.1) is 0 Å². The standard InChI is InChI=1S/C7H7NO2/c9-6-1-5-3-8-4-7(5,10)2-6/h1-2,4,9-10H,3H2. The molecule has 2 aliphatic rings. The molecule has 0 saturated carbocycles. The molecule has 0 amide bonds. The highest BCUT2D eigenvalue weighted by molar-refractivity contribution is 5.82. The van der Waals surface area contributed by atoms with E-state index in [1.807, 2.05) is 0 Å². The van der Waals surface area contributed by atoms with E-state index in [0.717, 1.165) is 5.57 Å². The van der Waals surface area contributed by atoms with Gasteiger partial charge in [-0.1, -0.05) is 0 Å². The van der Waals surface area contributed by atoms with E-state index in [9.17, 15) is 5.11 Å². The lowest BCUT2D eigenvalue weighted by Crippen LogP contribution is -2.24. The van der Waals surface area contributed by atoms with Crippen LogP contribution in [0.5, 0.6) is 0 Å². The number of rotatable bonds is 0. The van der Waals surface area contributed by atoms with Crippen LogP contribution in [0.1, 0.15) is 0 Å². The Bertz CT molecular complexity index is 265. The van der Waals surface area contributed by atoms with Gasteiger partial charge < -0.3 is 10.2 Å². The molecule has 3 nitrogen and oxygen atoms in total. The van der Waals surface area contributed by atoms with Gasteiger partial charge in [0, 0.05) is 6.21 Å². The number of hydrogen-bond donors (Lipinski definition) is 2. The van der Waals surface area contributed by atoms with Crippen LogP contribution in [0.2, 0.25) is 0 Å². The Morgan fingerprint density at radius 2 is 2.40 bits per heavy atom. The van der Waals surface area contributed by atoms with E-state index >= 15 is 0 Å². The van der Waals surface area contributed by atoms with Gasteiger partial charge in [0.25, 0.3) is 0 Å². The highest BCUT2D eigenvalue weighted by atomic mass is 16.3. The second kappa shape index (κ2) is 1.49. The summed E-state index contributed by atoms with van der Waals surface area (Å²) in [7, 11) is 0. The monoisotopic (exact) mass is 137 g/mol. The van der Waals surface area contributed by atoms with Crippen molar-refractivity contribution in [3.8, 4) is 0 Å². The minimum Gasteiger partial charge on any atom is -0.508 e. The molecule has 10 heavy (non-hydrogen) atoms. The molecule has 0 aromatic carbocycles. The van der Waals surface area contributed by atoms with E-state index in [-0.39, 0.29) is 5.76 Å². The first-order chi connectivity index (χ1) is 4.71. The zero-order valence-corrected chi connectivity index (χ0v) is 5.28. The molecule has 0 radical (unpaired) electrons. The van der Waals surface area contributed by atoms with Crippen LogP contribution in [0.3, 0.4) is 0 Å². The average Bonchev–Trinajstić information content (AvgIpc) is 2.20. The van der Waals surface area contributed by atoms with E-state index in [1.165, 1.54) is 12.3 Å². The lowest BCUT2D eigenvalue weighted by atomic mass is 10.0. The van der Waals surface area contributed by atoms with Crippen molar-refractivity contribution in [1.82, 2.24) is 0 Å². The maximum atomic E-state index is 9.55. The first-order valence-electron chi connectivity index (χ1n) is 3.07. The molecule has 0 saturated heterocycles. The number of aliphatic hydroxyl groups excluding tert-OH is 1. The van der Waals surface area contributed by atoms with Crippen molar-refractivity contribution >= 4 is 6.21 Å². The quantitative estimate of drug-likeness (QED) is 0.500. The molecule has 1 heterocycles. The Labute approximate surface area is 58.0 Å². The minimum absolute atomic E-state index is 0.128. The Balaban J connectivity index is 2.49.